The third kappa shape index (κ3) is 6.77. The van der Waals surface area contributed by atoms with Crippen LogP contribution in [0.2, 0.25) is 5.02 Å². The van der Waals surface area contributed by atoms with Gasteiger partial charge in [-0.3, -0.25) is 0 Å². The van der Waals surface area contributed by atoms with Crippen LogP contribution in [0.25, 0.3) is 0 Å². The standard InChI is InChI=1S/C14H18ClF3N6O.ClH/c1-23-4-6-24(7-5-23)13(20)22-12(19)21-9-2-3-10(15)11(8-9)25-14(16,17)18;/h2-3,8H,4-7H2,1H3,(H4,19,20,21,22);1H. The summed E-state index contributed by atoms with van der Waals surface area (Å²) in [7, 11) is 2.00. The molecule has 1 aromatic rings. The van der Waals surface area contributed by atoms with E-state index in [9.17, 15) is 13.2 Å². The van der Waals surface area contributed by atoms with Crippen LogP contribution in [0.3, 0.4) is 0 Å². The molecule has 0 aromatic heterocycles. The van der Waals surface area contributed by atoms with E-state index in [-0.39, 0.29) is 35.0 Å². The number of nitrogens with zero attached hydrogens (tertiary/aromatic N) is 4. The van der Waals surface area contributed by atoms with Crippen LogP contribution < -0.4 is 16.2 Å². The van der Waals surface area contributed by atoms with Crippen molar-refractivity contribution < 1.29 is 17.9 Å². The second-order valence-corrected chi connectivity index (χ2v) is 5.80. The summed E-state index contributed by atoms with van der Waals surface area (Å²) in [6, 6.07) is 3.63. The van der Waals surface area contributed by atoms with Crippen LogP contribution in [0, 0.1) is 0 Å². The van der Waals surface area contributed by atoms with Crippen LogP contribution in [-0.2, 0) is 0 Å². The fourth-order valence-electron chi connectivity index (χ4n) is 2.15. The summed E-state index contributed by atoms with van der Waals surface area (Å²) in [6.45, 7) is 3.07. The number of halogens is 5. The van der Waals surface area contributed by atoms with Gasteiger partial charge in [-0.2, -0.15) is 4.99 Å². The highest BCUT2D eigenvalue weighted by Crippen LogP contribution is 2.33. The SMILES string of the molecule is CN1CCN(C(N)=NC(N)=Nc2ccc(Cl)c(OC(F)(F)F)c2)CC1.Cl. The average Bonchev–Trinajstić information content (AvgIpc) is 2.49. The van der Waals surface area contributed by atoms with E-state index in [0.717, 1.165) is 19.2 Å². The van der Waals surface area contributed by atoms with Crippen molar-refractivity contribution in [3.8, 4) is 5.75 Å². The molecule has 146 valence electrons. The Labute approximate surface area is 159 Å². The van der Waals surface area contributed by atoms with Crippen molar-refractivity contribution in [2.75, 3.05) is 33.2 Å². The predicted molar refractivity (Wildman–Crippen MR) is 97.4 cm³/mol. The van der Waals surface area contributed by atoms with Gasteiger partial charge in [0.15, 0.2) is 5.96 Å². The van der Waals surface area contributed by atoms with Crippen molar-refractivity contribution in [2.45, 2.75) is 6.36 Å². The Kier molecular flexibility index (Phi) is 7.79. The van der Waals surface area contributed by atoms with Gasteiger partial charge in [-0.15, -0.1) is 25.6 Å². The molecule has 26 heavy (non-hydrogen) atoms. The highest BCUT2D eigenvalue weighted by atomic mass is 35.5. The summed E-state index contributed by atoms with van der Waals surface area (Å²) in [5, 5.41) is -0.199. The van der Waals surface area contributed by atoms with Gasteiger partial charge in [0.05, 0.1) is 10.7 Å². The Morgan fingerprint density at radius 3 is 2.38 bits per heavy atom. The number of guanidine groups is 2. The molecule has 1 saturated heterocycles. The second-order valence-electron chi connectivity index (χ2n) is 5.39. The summed E-state index contributed by atoms with van der Waals surface area (Å²) < 4.78 is 40.8. The van der Waals surface area contributed by atoms with E-state index in [4.69, 9.17) is 23.1 Å². The van der Waals surface area contributed by atoms with E-state index < -0.39 is 12.1 Å². The lowest BCUT2D eigenvalue weighted by Crippen LogP contribution is -2.50. The fraction of sp³-hybridized carbons (Fsp3) is 0.429. The van der Waals surface area contributed by atoms with Crippen molar-refractivity contribution in [2.24, 2.45) is 21.5 Å². The van der Waals surface area contributed by atoms with Gasteiger partial charge in [0, 0.05) is 32.2 Å². The predicted octanol–water partition coefficient (Wildman–Crippen LogP) is 2.17. The largest absolute Gasteiger partial charge is 0.573 e. The molecular formula is C14H19Cl2F3N6O. The van der Waals surface area contributed by atoms with Gasteiger partial charge in [0.2, 0.25) is 5.96 Å². The molecule has 1 aliphatic rings. The first-order chi connectivity index (χ1) is 11.6. The van der Waals surface area contributed by atoms with Crippen LogP contribution in [0.4, 0.5) is 18.9 Å². The first-order valence-electron chi connectivity index (χ1n) is 7.31. The molecule has 0 amide bonds. The Hall–Kier alpha value is -1.91. The highest BCUT2D eigenvalue weighted by molar-refractivity contribution is 6.32. The molecule has 2 rings (SSSR count). The van der Waals surface area contributed by atoms with Crippen molar-refractivity contribution >= 4 is 41.6 Å². The molecule has 0 bridgehead atoms. The summed E-state index contributed by atoms with van der Waals surface area (Å²) >= 11 is 5.67. The molecule has 0 atom stereocenters. The highest BCUT2D eigenvalue weighted by Gasteiger charge is 2.32. The molecule has 0 radical (unpaired) electrons. The summed E-state index contributed by atoms with van der Waals surface area (Å²) in [4.78, 5) is 11.9. The third-order valence-electron chi connectivity index (χ3n) is 3.44. The number of rotatable bonds is 2. The van der Waals surface area contributed by atoms with Crippen molar-refractivity contribution in [1.29, 1.82) is 0 Å². The lowest BCUT2D eigenvalue weighted by atomic mass is 10.3. The number of hydrogen-bond donors (Lipinski definition) is 2. The maximum absolute atomic E-state index is 12.3. The molecule has 1 heterocycles. The summed E-state index contributed by atoms with van der Waals surface area (Å²) in [6.07, 6.45) is -4.86. The minimum Gasteiger partial charge on any atom is -0.404 e. The molecule has 1 aliphatic heterocycles. The van der Waals surface area contributed by atoms with Gasteiger partial charge in [0.25, 0.3) is 0 Å². The molecule has 1 aromatic carbocycles. The summed E-state index contributed by atoms with van der Waals surface area (Å²) in [5.74, 6) is -0.550. The van der Waals surface area contributed by atoms with Crippen LogP contribution in [0.1, 0.15) is 0 Å². The molecule has 7 nitrogen and oxygen atoms in total. The van der Waals surface area contributed by atoms with Gasteiger partial charge in [-0.25, -0.2) is 4.99 Å². The Bertz CT molecular complexity index is 675. The number of hydrogen-bond acceptors (Lipinski definition) is 3. The molecule has 0 aliphatic carbocycles. The fourth-order valence-corrected chi connectivity index (χ4v) is 2.30. The maximum Gasteiger partial charge on any atom is 0.573 e. The molecule has 12 heteroatoms. The zero-order chi connectivity index (χ0) is 18.6. The number of nitrogens with two attached hydrogens (primary N) is 2. The second kappa shape index (κ2) is 9.15. The van der Waals surface area contributed by atoms with Crippen LogP contribution in [0.5, 0.6) is 5.75 Å². The molecule has 0 unspecified atom stereocenters. The molecule has 1 fully saturated rings. The first kappa shape index (κ1) is 22.1. The zero-order valence-corrected chi connectivity index (χ0v) is 15.4. The molecule has 0 saturated carbocycles. The lowest BCUT2D eigenvalue weighted by Gasteiger charge is -2.32. The summed E-state index contributed by atoms with van der Waals surface area (Å²) in [5.41, 5.74) is 11.7. The third-order valence-corrected chi connectivity index (χ3v) is 3.75. The lowest BCUT2D eigenvalue weighted by molar-refractivity contribution is -0.274. The number of benzene rings is 1. The molecule has 0 spiro atoms. The van der Waals surface area contributed by atoms with Crippen LogP contribution >= 0.6 is 24.0 Å². The van der Waals surface area contributed by atoms with Crippen LogP contribution in [-0.4, -0.2) is 61.3 Å². The van der Waals surface area contributed by atoms with E-state index in [0.29, 0.717) is 13.1 Å². The minimum absolute atomic E-state index is 0. The Morgan fingerprint density at radius 2 is 1.81 bits per heavy atom. The maximum atomic E-state index is 12.3. The van der Waals surface area contributed by atoms with Crippen LogP contribution in [0.15, 0.2) is 28.2 Å². The number of aliphatic imine (C=N–C) groups is 2. The van der Waals surface area contributed by atoms with Gasteiger partial charge in [-0.05, 0) is 19.2 Å². The average molecular weight is 415 g/mol. The van der Waals surface area contributed by atoms with Crippen molar-refractivity contribution in [3.63, 3.8) is 0 Å². The van der Waals surface area contributed by atoms with E-state index in [2.05, 4.69) is 19.6 Å². The molecule has 4 N–H and O–H groups in total. The number of piperazine rings is 1. The Balaban J connectivity index is 0.00000338. The van der Waals surface area contributed by atoms with Gasteiger partial charge < -0.3 is 26.0 Å². The van der Waals surface area contributed by atoms with E-state index >= 15 is 0 Å². The van der Waals surface area contributed by atoms with E-state index in [1.54, 1.807) is 0 Å². The minimum atomic E-state index is -4.86. The number of ether oxygens (including phenoxy) is 1. The molecular weight excluding hydrogens is 396 g/mol. The van der Waals surface area contributed by atoms with Gasteiger partial charge in [0.1, 0.15) is 5.75 Å². The number of likely N-dealkylation sites (N-methyl/N-ethyl adjacent to an activating group) is 1. The number of alkyl halides is 3. The van der Waals surface area contributed by atoms with E-state index in [1.165, 1.54) is 12.1 Å². The van der Waals surface area contributed by atoms with Crippen molar-refractivity contribution in [3.05, 3.63) is 23.2 Å². The monoisotopic (exact) mass is 414 g/mol. The quantitative estimate of drug-likeness (QED) is 0.571. The van der Waals surface area contributed by atoms with Crippen molar-refractivity contribution in [1.82, 2.24) is 9.80 Å². The van der Waals surface area contributed by atoms with Gasteiger partial charge in [-0.1, -0.05) is 11.6 Å². The van der Waals surface area contributed by atoms with Gasteiger partial charge >= 0.3 is 6.36 Å². The normalized spacial score (nSPS) is 17.0. The Morgan fingerprint density at radius 1 is 1.19 bits per heavy atom. The topological polar surface area (TPSA) is 92.5 Å². The smallest absolute Gasteiger partial charge is 0.404 e. The first-order valence-corrected chi connectivity index (χ1v) is 7.69. The van der Waals surface area contributed by atoms with E-state index in [1.807, 2.05) is 11.9 Å². The zero-order valence-electron chi connectivity index (χ0n) is 13.8.